The summed E-state index contributed by atoms with van der Waals surface area (Å²) < 4.78 is 12.2. The topological polar surface area (TPSA) is 75.2 Å². The first-order valence-electron chi connectivity index (χ1n) is 4.19. The number of nitrogens with two attached hydrogens (primary N) is 1. The van der Waals surface area contributed by atoms with Gasteiger partial charge in [0.25, 0.3) is 0 Å². The Bertz CT molecular complexity index is 269. The molecule has 0 amide bonds. The predicted octanol–water partition coefficient (Wildman–Crippen LogP) is -0.377. The zero-order valence-electron chi connectivity index (χ0n) is 7.22. The molecule has 0 aromatic carbocycles. The van der Waals surface area contributed by atoms with Crippen molar-refractivity contribution in [2.75, 3.05) is 18.9 Å². The minimum Gasteiger partial charge on any atom is -0.379 e. The number of ether oxygens (including phenoxy) is 2. The molecule has 2 N–H and O–H groups in total. The van der Waals surface area contributed by atoms with E-state index in [1.807, 2.05) is 0 Å². The maximum atomic E-state index is 5.48. The second-order valence-corrected chi connectivity index (χ2v) is 2.92. The van der Waals surface area contributed by atoms with Gasteiger partial charge < -0.3 is 15.2 Å². The lowest BCUT2D eigenvalue weighted by atomic mass is 10.3. The minimum absolute atomic E-state index is 0.186. The summed E-state index contributed by atoms with van der Waals surface area (Å²) in [4.78, 5) is 3.78. The van der Waals surface area contributed by atoms with Crippen LogP contribution < -0.4 is 5.73 Å². The first-order valence-corrected chi connectivity index (χ1v) is 4.19. The monoisotopic (exact) mass is 184 g/mol. The molecule has 0 aliphatic carbocycles. The van der Waals surface area contributed by atoms with Crippen LogP contribution in [0.4, 0.5) is 5.95 Å². The Hall–Kier alpha value is -1.14. The minimum atomic E-state index is 0.186. The van der Waals surface area contributed by atoms with Gasteiger partial charge in [-0.15, -0.1) is 5.10 Å². The molecule has 2 heterocycles. The van der Waals surface area contributed by atoms with E-state index >= 15 is 0 Å². The maximum absolute atomic E-state index is 5.48. The molecule has 72 valence electrons. The van der Waals surface area contributed by atoms with Crippen LogP contribution in [0.25, 0.3) is 0 Å². The molecule has 1 fully saturated rings. The van der Waals surface area contributed by atoms with E-state index in [1.165, 1.54) is 0 Å². The Morgan fingerprint density at radius 3 is 3.31 bits per heavy atom. The standard InChI is InChI=1S/C7H12N4O2/c8-7-9-4-11(10-7)5-13-6-1-2-12-3-6/h4,6H,1-3,5H2,(H2,8,10). The van der Waals surface area contributed by atoms with Crippen molar-refractivity contribution in [2.24, 2.45) is 0 Å². The summed E-state index contributed by atoms with van der Waals surface area (Å²) >= 11 is 0. The molecule has 0 bridgehead atoms. The molecule has 1 saturated heterocycles. The average molecular weight is 184 g/mol. The highest BCUT2D eigenvalue weighted by Crippen LogP contribution is 2.08. The summed E-state index contributed by atoms with van der Waals surface area (Å²) in [7, 11) is 0. The van der Waals surface area contributed by atoms with Gasteiger partial charge in [0.1, 0.15) is 13.1 Å². The first kappa shape index (κ1) is 8.46. The highest BCUT2D eigenvalue weighted by atomic mass is 16.6. The van der Waals surface area contributed by atoms with Crippen molar-refractivity contribution in [1.82, 2.24) is 14.8 Å². The normalized spacial score (nSPS) is 22.3. The van der Waals surface area contributed by atoms with Crippen molar-refractivity contribution in [1.29, 1.82) is 0 Å². The molecule has 6 nitrogen and oxygen atoms in total. The molecular weight excluding hydrogens is 172 g/mol. The smallest absolute Gasteiger partial charge is 0.239 e. The van der Waals surface area contributed by atoms with E-state index in [1.54, 1.807) is 11.0 Å². The van der Waals surface area contributed by atoms with Crippen molar-refractivity contribution in [3.05, 3.63) is 6.33 Å². The third kappa shape index (κ3) is 2.16. The van der Waals surface area contributed by atoms with Gasteiger partial charge in [-0.2, -0.15) is 0 Å². The van der Waals surface area contributed by atoms with E-state index in [2.05, 4.69) is 10.1 Å². The second kappa shape index (κ2) is 3.71. The highest BCUT2D eigenvalue weighted by Gasteiger charge is 2.15. The van der Waals surface area contributed by atoms with Crippen molar-refractivity contribution >= 4 is 5.95 Å². The van der Waals surface area contributed by atoms with Crippen molar-refractivity contribution in [3.8, 4) is 0 Å². The van der Waals surface area contributed by atoms with Gasteiger partial charge in [0, 0.05) is 6.61 Å². The van der Waals surface area contributed by atoms with Crippen LogP contribution in [0.5, 0.6) is 0 Å². The maximum Gasteiger partial charge on any atom is 0.239 e. The number of nitrogens with zero attached hydrogens (tertiary/aromatic N) is 3. The van der Waals surface area contributed by atoms with E-state index in [4.69, 9.17) is 15.2 Å². The summed E-state index contributed by atoms with van der Waals surface area (Å²) in [6, 6.07) is 0. The van der Waals surface area contributed by atoms with E-state index in [0.717, 1.165) is 13.0 Å². The van der Waals surface area contributed by atoms with Gasteiger partial charge in [-0.1, -0.05) is 0 Å². The number of nitrogen functional groups attached to an aromatic ring is 1. The number of anilines is 1. The lowest BCUT2D eigenvalue weighted by Crippen LogP contribution is -2.15. The van der Waals surface area contributed by atoms with Gasteiger partial charge in [-0.25, -0.2) is 9.67 Å². The Morgan fingerprint density at radius 2 is 2.69 bits per heavy atom. The molecule has 1 aliphatic rings. The van der Waals surface area contributed by atoms with Crippen LogP contribution in [0.1, 0.15) is 6.42 Å². The van der Waals surface area contributed by atoms with Crippen LogP contribution in [-0.4, -0.2) is 34.1 Å². The summed E-state index contributed by atoms with van der Waals surface area (Å²) in [6.07, 6.45) is 2.68. The third-order valence-corrected chi connectivity index (χ3v) is 1.88. The molecule has 0 spiro atoms. The van der Waals surface area contributed by atoms with E-state index in [-0.39, 0.29) is 12.1 Å². The second-order valence-electron chi connectivity index (χ2n) is 2.92. The number of hydrogen-bond donors (Lipinski definition) is 1. The lowest BCUT2D eigenvalue weighted by molar-refractivity contribution is -0.00342. The van der Waals surface area contributed by atoms with Crippen LogP contribution in [0.15, 0.2) is 6.33 Å². The number of hydrogen-bond acceptors (Lipinski definition) is 5. The fourth-order valence-corrected chi connectivity index (χ4v) is 1.20. The van der Waals surface area contributed by atoms with Crippen molar-refractivity contribution in [3.63, 3.8) is 0 Å². The Morgan fingerprint density at radius 1 is 1.77 bits per heavy atom. The molecule has 2 rings (SSSR count). The van der Waals surface area contributed by atoms with E-state index in [0.29, 0.717) is 13.3 Å². The van der Waals surface area contributed by atoms with Crippen LogP contribution in [0.2, 0.25) is 0 Å². The van der Waals surface area contributed by atoms with Gasteiger partial charge in [0.2, 0.25) is 5.95 Å². The van der Waals surface area contributed by atoms with Gasteiger partial charge >= 0.3 is 0 Å². The molecule has 13 heavy (non-hydrogen) atoms. The van der Waals surface area contributed by atoms with Crippen molar-refractivity contribution in [2.45, 2.75) is 19.3 Å². The van der Waals surface area contributed by atoms with Gasteiger partial charge in [-0.05, 0) is 6.42 Å². The predicted molar refractivity (Wildman–Crippen MR) is 44.7 cm³/mol. The quantitative estimate of drug-likeness (QED) is 0.693. The molecule has 1 aromatic rings. The molecule has 1 aromatic heterocycles. The lowest BCUT2D eigenvalue weighted by Gasteiger charge is -2.08. The van der Waals surface area contributed by atoms with E-state index in [9.17, 15) is 0 Å². The van der Waals surface area contributed by atoms with Gasteiger partial charge in [-0.3, -0.25) is 0 Å². The molecule has 1 atom stereocenters. The zero-order valence-corrected chi connectivity index (χ0v) is 7.22. The summed E-state index contributed by atoms with van der Waals surface area (Å²) in [6.45, 7) is 1.84. The summed E-state index contributed by atoms with van der Waals surface area (Å²) in [5.41, 5.74) is 5.34. The van der Waals surface area contributed by atoms with E-state index < -0.39 is 0 Å². The number of rotatable bonds is 3. The molecule has 0 radical (unpaired) electrons. The SMILES string of the molecule is Nc1ncn(COC2CCOC2)n1. The van der Waals surface area contributed by atoms with Crippen LogP contribution in [-0.2, 0) is 16.2 Å². The molecular formula is C7H12N4O2. The number of aromatic nitrogens is 3. The van der Waals surface area contributed by atoms with Crippen LogP contribution >= 0.6 is 0 Å². The van der Waals surface area contributed by atoms with Crippen LogP contribution in [0.3, 0.4) is 0 Å². The van der Waals surface area contributed by atoms with Gasteiger partial charge in [0.05, 0.1) is 12.7 Å². The molecule has 1 unspecified atom stereocenters. The fraction of sp³-hybridized carbons (Fsp3) is 0.714. The fourth-order valence-electron chi connectivity index (χ4n) is 1.20. The molecule has 6 heteroatoms. The highest BCUT2D eigenvalue weighted by molar-refractivity contribution is 5.08. The molecule has 0 saturated carbocycles. The van der Waals surface area contributed by atoms with Crippen LogP contribution in [0, 0.1) is 0 Å². The largest absolute Gasteiger partial charge is 0.379 e. The van der Waals surface area contributed by atoms with Gasteiger partial charge in [0.15, 0.2) is 0 Å². The summed E-state index contributed by atoms with van der Waals surface area (Å²) in [5, 5.41) is 3.89. The Kier molecular flexibility index (Phi) is 2.42. The van der Waals surface area contributed by atoms with Crippen molar-refractivity contribution < 1.29 is 9.47 Å². The Labute approximate surface area is 75.6 Å². The Balaban J connectivity index is 1.78. The first-order chi connectivity index (χ1) is 6.34. The zero-order chi connectivity index (χ0) is 9.10. The average Bonchev–Trinajstić information content (AvgIpc) is 2.71. The third-order valence-electron chi connectivity index (χ3n) is 1.88. The summed E-state index contributed by atoms with van der Waals surface area (Å²) in [5.74, 6) is 0.270. The molecule has 1 aliphatic heterocycles.